The first-order valence-electron chi connectivity index (χ1n) is 7.48. The van der Waals surface area contributed by atoms with Gasteiger partial charge in [-0.25, -0.2) is 0 Å². The summed E-state index contributed by atoms with van der Waals surface area (Å²) in [6.07, 6.45) is 5.01. The number of hydrogen-bond donors (Lipinski definition) is 1. The van der Waals surface area contributed by atoms with Crippen molar-refractivity contribution in [1.82, 2.24) is 10.2 Å². The van der Waals surface area contributed by atoms with Crippen LogP contribution in [0.15, 0.2) is 29.7 Å². The molecular formula is C16H16N2O3S. The molecule has 1 aromatic heterocycles. The van der Waals surface area contributed by atoms with Gasteiger partial charge in [0.05, 0.1) is 18.4 Å². The number of nitrogens with zero attached hydrogens (tertiary/aromatic N) is 1. The van der Waals surface area contributed by atoms with Gasteiger partial charge in [0, 0.05) is 4.88 Å². The first kappa shape index (κ1) is 13.7. The number of carbonyl (C=O) groups excluding carboxylic acids is 3. The zero-order valence-electron chi connectivity index (χ0n) is 11.9. The lowest BCUT2D eigenvalue weighted by Crippen LogP contribution is -2.41. The summed E-state index contributed by atoms with van der Waals surface area (Å²) in [6.45, 7) is 0.280. The summed E-state index contributed by atoms with van der Waals surface area (Å²) in [5.74, 6) is -0.705. The van der Waals surface area contributed by atoms with Gasteiger partial charge in [-0.1, -0.05) is 18.2 Å². The monoisotopic (exact) mass is 316 g/mol. The maximum atomic E-state index is 12.4. The normalized spacial score (nSPS) is 31.9. The lowest BCUT2D eigenvalue weighted by Gasteiger charge is -2.16. The second-order valence-corrected chi connectivity index (χ2v) is 7.15. The van der Waals surface area contributed by atoms with Crippen molar-refractivity contribution in [3.05, 3.63) is 34.5 Å². The minimum Gasteiger partial charge on any atom is -0.350 e. The van der Waals surface area contributed by atoms with Crippen molar-refractivity contribution in [2.24, 2.45) is 23.7 Å². The van der Waals surface area contributed by atoms with Crippen molar-refractivity contribution >= 4 is 29.1 Å². The summed E-state index contributed by atoms with van der Waals surface area (Å²) >= 11 is 1.56. The first-order valence-corrected chi connectivity index (χ1v) is 8.36. The molecule has 1 saturated heterocycles. The van der Waals surface area contributed by atoms with E-state index in [0.717, 1.165) is 16.2 Å². The highest BCUT2D eigenvalue weighted by atomic mass is 32.1. The number of fused-ring (bicyclic) bond motifs is 5. The second-order valence-electron chi connectivity index (χ2n) is 6.12. The highest BCUT2D eigenvalue weighted by Gasteiger charge is 2.59. The number of amides is 3. The van der Waals surface area contributed by atoms with Crippen molar-refractivity contribution in [3.63, 3.8) is 0 Å². The fourth-order valence-electron chi connectivity index (χ4n) is 3.92. The molecule has 4 atom stereocenters. The molecular weight excluding hydrogens is 300 g/mol. The fraction of sp³-hybridized carbons (Fsp3) is 0.438. The van der Waals surface area contributed by atoms with Gasteiger partial charge in [-0.2, -0.15) is 0 Å². The average Bonchev–Trinajstić information content (AvgIpc) is 3.26. The highest BCUT2D eigenvalue weighted by molar-refractivity contribution is 7.09. The van der Waals surface area contributed by atoms with Crippen molar-refractivity contribution < 1.29 is 14.4 Å². The van der Waals surface area contributed by atoms with Crippen LogP contribution in [0.25, 0.3) is 0 Å². The predicted octanol–water partition coefficient (Wildman–Crippen LogP) is 1.17. The van der Waals surface area contributed by atoms with E-state index in [1.807, 2.05) is 17.5 Å². The average molecular weight is 316 g/mol. The molecule has 5 nitrogen and oxygen atoms in total. The summed E-state index contributed by atoms with van der Waals surface area (Å²) in [5.41, 5.74) is 0. The van der Waals surface area contributed by atoms with Gasteiger partial charge in [0.25, 0.3) is 0 Å². The molecule has 4 unspecified atom stereocenters. The number of imide groups is 1. The fourth-order valence-corrected chi connectivity index (χ4v) is 4.56. The summed E-state index contributed by atoms with van der Waals surface area (Å²) in [5, 5.41) is 4.71. The Morgan fingerprint density at radius 1 is 1.23 bits per heavy atom. The Bertz CT molecular complexity index is 637. The highest BCUT2D eigenvalue weighted by Crippen LogP contribution is 2.52. The summed E-state index contributed by atoms with van der Waals surface area (Å²) < 4.78 is 0. The molecule has 22 heavy (non-hydrogen) atoms. The van der Waals surface area contributed by atoms with Gasteiger partial charge in [-0.3, -0.25) is 19.3 Å². The molecule has 2 heterocycles. The molecule has 1 aliphatic heterocycles. The molecule has 2 bridgehead atoms. The molecule has 2 fully saturated rings. The predicted molar refractivity (Wildman–Crippen MR) is 80.6 cm³/mol. The molecule has 4 rings (SSSR count). The van der Waals surface area contributed by atoms with Crippen LogP contribution in [-0.2, 0) is 20.9 Å². The van der Waals surface area contributed by atoms with Crippen LogP contribution in [0.3, 0.4) is 0 Å². The molecule has 114 valence electrons. The molecule has 1 saturated carbocycles. The molecule has 6 heteroatoms. The van der Waals surface area contributed by atoms with E-state index in [0.29, 0.717) is 6.54 Å². The topological polar surface area (TPSA) is 66.5 Å². The molecule has 0 spiro atoms. The molecule has 3 aliphatic rings. The number of carbonyl (C=O) groups is 3. The maximum Gasteiger partial charge on any atom is 0.240 e. The quantitative estimate of drug-likeness (QED) is 0.670. The first-order chi connectivity index (χ1) is 10.6. The van der Waals surface area contributed by atoms with Gasteiger partial charge < -0.3 is 5.32 Å². The number of nitrogens with one attached hydrogen (secondary N) is 1. The Balaban J connectivity index is 1.40. The Morgan fingerprint density at radius 3 is 2.50 bits per heavy atom. The zero-order chi connectivity index (χ0) is 15.3. The maximum absolute atomic E-state index is 12.4. The van der Waals surface area contributed by atoms with Crippen LogP contribution < -0.4 is 5.32 Å². The molecule has 2 aliphatic carbocycles. The second kappa shape index (κ2) is 5.05. The summed E-state index contributed by atoms with van der Waals surface area (Å²) in [4.78, 5) is 39.1. The van der Waals surface area contributed by atoms with E-state index in [1.165, 1.54) is 0 Å². The molecule has 3 amide bonds. The van der Waals surface area contributed by atoms with Crippen LogP contribution in [0.1, 0.15) is 11.3 Å². The third-order valence-corrected chi connectivity index (χ3v) is 5.78. The van der Waals surface area contributed by atoms with Gasteiger partial charge in [0.1, 0.15) is 6.54 Å². The Morgan fingerprint density at radius 2 is 1.91 bits per heavy atom. The number of thiophene rings is 1. The lowest BCUT2D eigenvalue weighted by atomic mass is 9.85. The Hall–Kier alpha value is -1.95. The van der Waals surface area contributed by atoms with Crippen LogP contribution >= 0.6 is 11.3 Å². The minimum absolute atomic E-state index is 0.157. The van der Waals surface area contributed by atoms with Gasteiger partial charge in [0.15, 0.2) is 0 Å². The third-order valence-electron chi connectivity index (χ3n) is 4.90. The van der Waals surface area contributed by atoms with Crippen LogP contribution in [0.2, 0.25) is 0 Å². The van der Waals surface area contributed by atoms with Crippen molar-refractivity contribution in [2.45, 2.75) is 13.0 Å². The van der Waals surface area contributed by atoms with E-state index in [1.54, 1.807) is 11.3 Å². The summed E-state index contributed by atoms with van der Waals surface area (Å²) in [7, 11) is 0. The smallest absolute Gasteiger partial charge is 0.240 e. The van der Waals surface area contributed by atoms with Gasteiger partial charge >= 0.3 is 0 Å². The van der Waals surface area contributed by atoms with Crippen LogP contribution in [0.5, 0.6) is 0 Å². The van der Waals surface area contributed by atoms with E-state index in [4.69, 9.17) is 0 Å². The SMILES string of the molecule is O=C(CN1C(=O)C2C3C=CC(C3)C2C1=O)NCc1cccs1. The van der Waals surface area contributed by atoms with Crippen molar-refractivity contribution in [1.29, 1.82) is 0 Å². The zero-order valence-corrected chi connectivity index (χ0v) is 12.7. The lowest BCUT2D eigenvalue weighted by molar-refractivity contribution is -0.144. The van der Waals surface area contributed by atoms with E-state index >= 15 is 0 Å². The van der Waals surface area contributed by atoms with E-state index in [9.17, 15) is 14.4 Å². The molecule has 0 aromatic carbocycles. The van der Waals surface area contributed by atoms with Crippen molar-refractivity contribution in [3.8, 4) is 0 Å². The minimum atomic E-state index is -0.282. The van der Waals surface area contributed by atoms with Crippen LogP contribution in [0, 0.1) is 23.7 Å². The van der Waals surface area contributed by atoms with Gasteiger partial charge in [0.2, 0.25) is 17.7 Å². The van der Waals surface area contributed by atoms with Crippen LogP contribution in [-0.4, -0.2) is 29.2 Å². The number of likely N-dealkylation sites (tertiary alicyclic amines) is 1. The number of rotatable bonds is 4. The van der Waals surface area contributed by atoms with Gasteiger partial charge in [-0.05, 0) is 29.7 Å². The summed E-state index contributed by atoms with van der Waals surface area (Å²) in [6, 6.07) is 3.86. The van der Waals surface area contributed by atoms with Crippen LogP contribution in [0.4, 0.5) is 0 Å². The third kappa shape index (κ3) is 2.01. The number of allylic oxidation sites excluding steroid dienone is 2. The Kier molecular flexibility index (Phi) is 3.14. The standard InChI is InChI=1S/C16H16N2O3S/c19-12(17-7-11-2-1-5-22-11)8-18-15(20)13-9-3-4-10(6-9)14(13)16(18)21/h1-5,9-10,13-14H,6-8H2,(H,17,19). The van der Waals surface area contributed by atoms with E-state index < -0.39 is 0 Å². The molecule has 1 N–H and O–H groups in total. The molecule has 0 radical (unpaired) electrons. The Labute approximate surface area is 132 Å². The number of hydrogen-bond acceptors (Lipinski definition) is 4. The molecule has 1 aromatic rings. The van der Waals surface area contributed by atoms with Gasteiger partial charge in [-0.15, -0.1) is 11.3 Å². The van der Waals surface area contributed by atoms with Crippen molar-refractivity contribution in [2.75, 3.05) is 6.54 Å². The van der Waals surface area contributed by atoms with E-state index in [2.05, 4.69) is 17.5 Å². The largest absolute Gasteiger partial charge is 0.350 e. The van der Waals surface area contributed by atoms with E-state index in [-0.39, 0.29) is 47.9 Å².